The lowest BCUT2D eigenvalue weighted by Gasteiger charge is -2.28. The van der Waals surface area contributed by atoms with Crippen molar-refractivity contribution in [3.8, 4) is 0 Å². The van der Waals surface area contributed by atoms with E-state index in [2.05, 4.69) is 12.2 Å². The average molecular weight is 199 g/mol. The Morgan fingerprint density at radius 2 is 1.71 bits per heavy atom. The summed E-state index contributed by atoms with van der Waals surface area (Å²) in [5.74, 6) is 0. The summed E-state index contributed by atoms with van der Waals surface area (Å²) in [4.78, 5) is 0. The zero-order valence-electron chi connectivity index (χ0n) is 9.52. The van der Waals surface area contributed by atoms with Gasteiger partial charge in [-0.2, -0.15) is 0 Å². The molecule has 0 spiro atoms. The summed E-state index contributed by atoms with van der Waals surface area (Å²) in [5.41, 5.74) is -0.537. The zero-order valence-corrected chi connectivity index (χ0v) is 9.52. The number of nitrogens with one attached hydrogen (secondary N) is 1. The fraction of sp³-hybridized carbons (Fsp3) is 1.00. The predicted molar refractivity (Wildman–Crippen MR) is 60.2 cm³/mol. The van der Waals surface area contributed by atoms with Crippen LogP contribution in [0.15, 0.2) is 0 Å². The van der Waals surface area contributed by atoms with Gasteiger partial charge in [0.05, 0.1) is 0 Å². The third-order valence-corrected chi connectivity index (χ3v) is 3.17. The van der Waals surface area contributed by atoms with Crippen LogP contribution in [0.4, 0.5) is 0 Å². The van der Waals surface area contributed by atoms with Crippen LogP contribution in [0.3, 0.4) is 0 Å². The Balaban J connectivity index is 2.17. The third-order valence-electron chi connectivity index (χ3n) is 3.17. The zero-order chi connectivity index (χ0) is 10.3. The van der Waals surface area contributed by atoms with E-state index >= 15 is 0 Å². The number of unbranched alkanes of at least 4 members (excludes halogenated alkanes) is 2. The first-order chi connectivity index (χ1) is 6.77. The van der Waals surface area contributed by atoms with Crippen LogP contribution in [0.1, 0.15) is 64.7 Å². The molecule has 0 atom stereocenters. The van der Waals surface area contributed by atoms with Crippen molar-refractivity contribution in [2.24, 2.45) is 0 Å². The predicted octanol–water partition coefficient (Wildman–Crippen LogP) is 2.81. The minimum atomic E-state index is -0.537. The summed E-state index contributed by atoms with van der Waals surface area (Å²) in [5, 5.41) is 13.6. The van der Waals surface area contributed by atoms with Crippen LogP contribution in [0, 0.1) is 0 Å². The highest BCUT2D eigenvalue weighted by Crippen LogP contribution is 2.24. The van der Waals surface area contributed by atoms with Gasteiger partial charge in [0.1, 0.15) is 5.72 Å². The molecule has 0 aromatic heterocycles. The van der Waals surface area contributed by atoms with Crippen molar-refractivity contribution in [1.82, 2.24) is 5.32 Å². The topological polar surface area (TPSA) is 32.3 Å². The first-order valence-electron chi connectivity index (χ1n) is 6.24. The van der Waals surface area contributed by atoms with Crippen molar-refractivity contribution < 1.29 is 5.11 Å². The maximum Gasteiger partial charge on any atom is 0.116 e. The van der Waals surface area contributed by atoms with E-state index in [1.807, 2.05) is 0 Å². The Hall–Kier alpha value is -0.0800. The molecule has 1 fully saturated rings. The van der Waals surface area contributed by atoms with Crippen molar-refractivity contribution in [1.29, 1.82) is 0 Å². The molecule has 0 aliphatic heterocycles. The van der Waals surface area contributed by atoms with Gasteiger partial charge < -0.3 is 5.11 Å². The van der Waals surface area contributed by atoms with E-state index in [9.17, 15) is 5.11 Å². The SMILES string of the molecule is CCCCCNC1(O)CCCCCC1. The van der Waals surface area contributed by atoms with Gasteiger partial charge in [0.2, 0.25) is 0 Å². The Labute approximate surface area is 88.1 Å². The molecule has 1 rings (SSSR count). The maximum absolute atomic E-state index is 10.2. The van der Waals surface area contributed by atoms with Crippen molar-refractivity contribution in [2.75, 3.05) is 6.54 Å². The van der Waals surface area contributed by atoms with Crippen molar-refractivity contribution in [3.63, 3.8) is 0 Å². The minimum absolute atomic E-state index is 0.537. The highest BCUT2D eigenvalue weighted by atomic mass is 16.3. The Bertz CT molecular complexity index is 139. The van der Waals surface area contributed by atoms with Crippen LogP contribution in [-0.4, -0.2) is 17.4 Å². The Kier molecular flexibility index (Phi) is 5.49. The molecular weight excluding hydrogens is 174 g/mol. The molecule has 1 aliphatic carbocycles. The summed E-state index contributed by atoms with van der Waals surface area (Å²) in [6, 6.07) is 0. The molecule has 84 valence electrons. The standard InChI is InChI=1S/C12H25NO/c1-2-3-8-11-13-12(14)9-6-4-5-7-10-12/h13-14H,2-11H2,1H3. The summed E-state index contributed by atoms with van der Waals surface area (Å²) < 4.78 is 0. The molecule has 1 aliphatic rings. The Morgan fingerprint density at radius 3 is 2.29 bits per heavy atom. The minimum Gasteiger partial charge on any atom is -0.376 e. The quantitative estimate of drug-likeness (QED) is 0.405. The fourth-order valence-corrected chi connectivity index (χ4v) is 2.19. The monoisotopic (exact) mass is 199 g/mol. The Morgan fingerprint density at radius 1 is 1.07 bits per heavy atom. The van der Waals surface area contributed by atoms with Crippen LogP contribution in [0.2, 0.25) is 0 Å². The van der Waals surface area contributed by atoms with Gasteiger partial charge >= 0.3 is 0 Å². The molecule has 2 N–H and O–H groups in total. The molecule has 0 saturated heterocycles. The second-order valence-corrected chi connectivity index (χ2v) is 4.58. The lowest BCUT2D eigenvalue weighted by molar-refractivity contribution is -0.00904. The van der Waals surface area contributed by atoms with Gasteiger partial charge in [-0.3, -0.25) is 5.32 Å². The first kappa shape index (κ1) is 12.0. The van der Waals surface area contributed by atoms with Gasteiger partial charge in [-0.1, -0.05) is 32.6 Å². The lowest BCUT2D eigenvalue weighted by Crippen LogP contribution is -2.45. The van der Waals surface area contributed by atoms with Crippen LogP contribution in [0.5, 0.6) is 0 Å². The number of hydrogen-bond acceptors (Lipinski definition) is 2. The van der Waals surface area contributed by atoms with Crippen LogP contribution in [-0.2, 0) is 0 Å². The molecule has 0 amide bonds. The van der Waals surface area contributed by atoms with E-state index in [0.717, 1.165) is 19.4 Å². The molecular formula is C12H25NO. The highest BCUT2D eigenvalue weighted by Gasteiger charge is 2.26. The van der Waals surface area contributed by atoms with Crippen LogP contribution < -0.4 is 5.32 Å². The van der Waals surface area contributed by atoms with Gasteiger partial charge in [0.25, 0.3) is 0 Å². The smallest absolute Gasteiger partial charge is 0.116 e. The molecule has 0 heterocycles. The van der Waals surface area contributed by atoms with Crippen molar-refractivity contribution in [2.45, 2.75) is 70.4 Å². The van der Waals surface area contributed by atoms with E-state index in [0.29, 0.717) is 0 Å². The largest absolute Gasteiger partial charge is 0.376 e. The van der Waals surface area contributed by atoms with E-state index in [-0.39, 0.29) is 0 Å². The molecule has 0 unspecified atom stereocenters. The summed E-state index contributed by atoms with van der Waals surface area (Å²) >= 11 is 0. The van der Waals surface area contributed by atoms with Gasteiger partial charge in [0.15, 0.2) is 0 Å². The first-order valence-corrected chi connectivity index (χ1v) is 6.24. The van der Waals surface area contributed by atoms with Gasteiger partial charge in [0, 0.05) is 0 Å². The van der Waals surface area contributed by atoms with Crippen LogP contribution in [0.25, 0.3) is 0 Å². The van der Waals surface area contributed by atoms with Crippen molar-refractivity contribution >= 4 is 0 Å². The number of hydrogen-bond donors (Lipinski definition) is 2. The number of rotatable bonds is 5. The van der Waals surface area contributed by atoms with Crippen LogP contribution >= 0.6 is 0 Å². The third kappa shape index (κ3) is 4.43. The second kappa shape index (κ2) is 6.41. The molecule has 0 bridgehead atoms. The van der Waals surface area contributed by atoms with Gasteiger partial charge in [-0.15, -0.1) is 0 Å². The molecule has 0 aromatic rings. The fourth-order valence-electron chi connectivity index (χ4n) is 2.19. The van der Waals surface area contributed by atoms with Crippen molar-refractivity contribution in [3.05, 3.63) is 0 Å². The molecule has 0 aromatic carbocycles. The molecule has 2 nitrogen and oxygen atoms in total. The molecule has 2 heteroatoms. The normalized spacial score (nSPS) is 21.9. The molecule has 1 saturated carbocycles. The summed E-state index contributed by atoms with van der Waals surface area (Å²) in [7, 11) is 0. The van der Waals surface area contributed by atoms with E-state index in [4.69, 9.17) is 0 Å². The maximum atomic E-state index is 10.2. The summed E-state index contributed by atoms with van der Waals surface area (Å²) in [6.45, 7) is 3.19. The van der Waals surface area contributed by atoms with Gasteiger partial charge in [-0.05, 0) is 38.6 Å². The van der Waals surface area contributed by atoms with Gasteiger partial charge in [-0.25, -0.2) is 0 Å². The summed E-state index contributed by atoms with van der Waals surface area (Å²) in [6.07, 6.45) is 10.5. The lowest BCUT2D eigenvalue weighted by atomic mass is 10.0. The van der Waals surface area contributed by atoms with E-state index in [1.54, 1.807) is 0 Å². The molecule has 14 heavy (non-hydrogen) atoms. The molecule has 0 radical (unpaired) electrons. The van der Waals surface area contributed by atoms with E-state index in [1.165, 1.54) is 44.9 Å². The van der Waals surface area contributed by atoms with E-state index < -0.39 is 5.72 Å². The number of aliphatic hydroxyl groups is 1. The average Bonchev–Trinajstić information content (AvgIpc) is 2.39. The highest BCUT2D eigenvalue weighted by molar-refractivity contribution is 4.78. The second-order valence-electron chi connectivity index (χ2n) is 4.58.